The van der Waals surface area contributed by atoms with Gasteiger partial charge in [-0.15, -0.1) is 13.2 Å². The van der Waals surface area contributed by atoms with Crippen molar-refractivity contribution >= 4 is 21.9 Å². The van der Waals surface area contributed by atoms with E-state index in [-0.39, 0.29) is 23.2 Å². The van der Waals surface area contributed by atoms with E-state index in [0.717, 1.165) is 5.56 Å². The zero-order chi connectivity index (χ0) is 21.7. The third-order valence-corrected chi connectivity index (χ3v) is 4.72. The number of nitrogens with zero attached hydrogens (tertiary/aromatic N) is 1. The Morgan fingerprint density at radius 1 is 1.17 bits per heavy atom. The summed E-state index contributed by atoms with van der Waals surface area (Å²) in [6.07, 6.45) is -3.54. The first-order valence-electron chi connectivity index (χ1n) is 8.60. The molecule has 0 amide bonds. The predicted octanol–water partition coefficient (Wildman–Crippen LogP) is 5.52. The standard InChI is InChI=1S/C20H15BrF3NO5/c21-16-9-12(1-6-18(16)30-20(22,23)24)11-28-14-4-2-13(3-5-14)15(10-19(26)27)17-7-8-29-25-17/h1-9,15H,10-11H2,(H,26,27). The van der Waals surface area contributed by atoms with Crippen LogP contribution in [0.15, 0.2) is 63.8 Å². The Labute approximate surface area is 177 Å². The van der Waals surface area contributed by atoms with Crippen molar-refractivity contribution < 1.29 is 37.1 Å². The molecule has 0 saturated carbocycles. The number of carbonyl (C=O) groups is 1. The first-order chi connectivity index (χ1) is 14.2. The minimum absolute atomic E-state index is 0.117. The predicted molar refractivity (Wildman–Crippen MR) is 102 cm³/mol. The molecule has 0 aliphatic heterocycles. The van der Waals surface area contributed by atoms with Crippen LogP contribution in [0, 0.1) is 0 Å². The van der Waals surface area contributed by atoms with Crippen molar-refractivity contribution in [1.29, 1.82) is 0 Å². The van der Waals surface area contributed by atoms with Crippen LogP contribution in [0.5, 0.6) is 11.5 Å². The SMILES string of the molecule is O=C(O)CC(c1ccc(OCc2ccc(OC(F)(F)F)c(Br)c2)cc1)c1ccon1. The molecule has 3 aromatic rings. The van der Waals surface area contributed by atoms with Gasteiger partial charge in [0, 0.05) is 12.0 Å². The van der Waals surface area contributed by atoms with Gasteiger partial charge >= 0.3 is 12.3 Å². The average Bonchev–Trinajstić information content (AvgIpc) is 3.20. The Bertz CT molecular complexity index is 991. The Kier molecular flexibility index (Phi) is 6.66. The summed E-state index contributed by atoms with van der Waals surface area (Å²) in [6, 6.07) is 12.6. The molecule has 1 unspecified atom stereocenters. The third-order valence-electron chi connectivity index (χ3n) is 4.10. The van der Waals surface area contributed by atoms with Crippen LogP contribution in [0.25, 0.3) is 0 Å². The fourth-order valence-electron chi connectivity index (χ4n) is 2.77. The topological polar surface area (TPSA) is 81.8 Å². The van der Waals surface area contributed by atoms with Gasteiger partial charge in [0.15, 0.2) is 0 Å². The summed E-state index contributed by atoms with van der Waals surface area (Å²) in [5.74, 6) is -1.26. The number of rotatable bonds is 8. The van der Waals surface area contributed by atoms with Crippen LogP contribution in [0.2, 0.25) is 0 Å². The van der Waals surface area contributed by atoms with Crippen LogP contribution >= 0.6 is 15.9 Å². The van der Waals surface area contributed by atoms with Gasteiger partial charge in [-0.05, 0) is 51.3 Å². The zero-order valence-corrected chi connectivity index (χ0v) is 16.8. The van der Waals surface area contributed by atoms with Crippen molar-refractivity contribution in [3.63, 3.8) is 0 Å². The van der Waals surface area contributed by atoms with E-state index in [4.69, 9.17) is 14.4 Å². The Morgan fingerprint density at radius 3 is 2.47 bits per heavy atom. The summed E-state index contributed by atoms with van der Waals surface area (Å²) >= 11 is 3.05. The summed E-state index contributed by atoms with van der Waals surface area (Å²) < 4.78 is 51.5. The molecular formula is C20H15BrF3NO5. The Hall–Kier alpha value is -3.01. The molecule has 6 nitrogen and oxygen atoms in total. The van der Waals surface area contributed by atoms with Gasteiger partial charge in [-0.1, -0.05) is 23.4 Å². The second-order valence-electron chi connectivity index (χ2n) is 6.25. The highest BCUT2D eigenvalue weighted by Crippen LogP contribution is 2.32. The molecule has 0 bridgehead atoms. The number of hydrogen-bond donors (Lipinski definition) is 1. The Balaban J connectivity index is 1.66. The molecule has 10 heteroatoms. The molecule has 0 aliphatic carbocycles. The first kappa shape index (κ1) is 21.7. The quantitative estimate of drug-likeness (QED) is 0.452. The second-order valence-corrected chi connectivity index (χ2v) is 7.10. The van der Waals surface area contributed by atoms with E-state index in [1.807, 2.05) is 0 Å². The molecule has 3 rings (SSSR count). The van der Waals surface area contributed by atoms with Crippen LogP contribution in [-0.4, -0.2) is 22.6 Å². The number of ether oxygens (including phenoxy) is 2. The molecule has 0 aliphatic rings. The number of carboxylic acids is 1. The summed E-state index contributed by atoms with van der Waals surface area (Å²) in [7, 11) is 0. The average molecular weight is 486 g/mol. The molecule has 158 valence electrons. The largest absolute Gasteiger partial charge is 0.573 e. The van der Waals surface area contributed by atoms with Crippen LogP contribution in [0.4, 0.5) is 13.2 Å². The first-order valence-corrected chi connectivity index (χ1v) is 9.39. The van der Waals surface area contributed by atoms with E-state index in [9.17, 15) is 18.0 Å². The third kappa shape index (κ3) is 5.99. The number of aromatic nitrogens is 1. The van der Waals surface area contributed by atoms with Gasteiger partial charge in [0.05, 0.1) is 16.6 Å². The zero-order valence-electron chi connectivity index (χ0n) is 15.2. The van der Waals surface area contributed by atoms with Crippen molar-refractivity contribution in [2.24, 2.45) is 0 Å². The summed E-state index contributed by atoms with van der Waals surface area (Å²) in [4.78, 5) is 11.2. The lowest BCUT2D eigenvalue weighted by atomic mass is 9.92. The molecule has 1 N–H and O–H groups in total. The van der Waals surface area contributed by atoms with Crippen molar-refractivity contribution in [2.75, 3.05) is 0 Å². The monoisotopic (exact) mass is 485 g/mol. The van der Waals surface area contributed by atoms with E-state index in [0.29, 0.717) is 17.0 Å². The number of carboxylic acid groups (broad SMARTS) is 1. The number of hydrogen-bond acceptors (Lipinski definition) is 5. The summed E-state index contributed by atoms with van der Waals surface area (Å²) in [5, 5.41) is 13.0. The van der Waals surface area contributed by atoms with Gasteiger partial charge in [0.2, 0.25) is 0 Å². The molecule has 0 saturated heterocycles. The highest BCUT2D eigenvalue weighted by Gasteiger charge is 2.32. The maximum atomic E-state index is 12.3. The van der Waals surface area contributed by atoms with E-state index < -0.39 is 18.2 Å². The molecule has 0 fully saturated rings. The number of aliphatic carboxylic acids is 1. The molecule has 2 aromatic carbocycles. The van der Waals surface area contributed by atoms with Crippen LogP contribution in [0.3, 0.4) is 0 Å². The fourth-order valence-corrected chi connectivity index (χ4v) is 3.28. The summed E-state index contributed by atoms with van der Waals surface area (Å²) in [5.41, 5.74) is 1.87. The van der Waals surface area contributed by atoms with Gasteiger partial charge in [-0.3, -0.25) is 4.79 Å². The molecule has 1 atom stereocenters. The van der Waals surface area contributed by atoms with Crippen LogP contribution in [0.1, 0.15) is 29.2 Å². The molecule has 0 spiro atoms. The number of alkyl halides is 3. The van der Waals surface area contributed by atoms with Gasteiger partial charge < -0.3 is 19.1 Å². The molecule has 1 heterocycles. The lowest BCUT2D eigenvalue weighted by Crippen LogP contribution is -2.17. The van der Waals surface area contributed by atoms with Crippen LogP contribution in [-0.2, 0) is 11.4 Å². The highest BCUT2D eigenvalue weighted by atomic mass is 79.9. The highest BCUT2D eigenvalue weighted by molar-refractivity contribution is 9.10. The number of benzene rings is 2. The van der Waals surface area contributed by atoms with Crippen molar-refractivity contribution in [3.05, 3.63) is 76.1 Å². The molecule has 1 aromatic heterocycles. The normalized spacial score (nSPS) is 12.4. The van der Waals surface area contributed by atoms with Gasteiger partial charge in [-0.2, -0.15) is 0 Å². The fraction of sp³-hybridized carbons (Fsp3) is 0.200. The summed E-state index contributed by atoms with van der Waals surface area (Å²) in [6.45, 7) is 0.117. The van der Waals surface area contributed by atoms with Crippen molar-refractivity contribution in [3.8, 4) is 11.5 Å². The van der Waals surface area contributed by atoms with E-state index in [1.165, 1.54) is 24.5 Å². The minimum atomic E-state index is -4.77. The Morgan fingerprint density at radius 2 is 1.90 bits per heavy atom. The van der Waals surface area contributed by atoms with Crippen LogP contribution < -0.4 is 9.47 Å². The molecular weight excluding hydrogens is 471 g/mol. The minimum Gasteiger partial charge on any atom is -0.489 e. The maximum Gasteiger partial charge on any atom is 0.573 e. The van der Waals surface area contributed by atoms with E-state index in [1.54, 1.807) is 30.3 Å². The smallest absolute Gasteiger partial charge is 0.489 e. The van der Waals surface area contributed by atoms with E-state index >= 15 is 0 Å². The lowest BCUT2D eigenvalue weighted by Gasteiger charge is -2.14. The van der Waals surface area contributed by atoms with Crippen molar-refractivity contribution in [2.45, 2.75) is 25.3 Å². The second kappa shape index (κ2) is 9.21. The van der Waals surface area contributed by atoms with Crippen molar-refractivity contribution in [1.82, 2.24) is 5.16 Å². The van der Waals surface area contributed by atoms with E-state index in [2.05, 4.69) is 25.8 Å². The molecule has 30 heavy (non-hydrogen) atoms. The lowest BCUT2D eigenvalue weighted by molar-refractivity contribution is -0.274. The maximum absolute atomic E-state index is 12.3. The number of halogens is 4. The van der Waals surface area contributed by atoms with Gasteiger partial charge in [0.25, 0.3) is 0 Å². The molecule has 0 radical (unpaired) electrons. The van der Waals surface area contributed by atoms with Gasteiger partial charge in [0.1, 0.15) is 24.4 Å². The van der Waals surface area contributed by atoms with Gasteiger partial charge in [-0.25, -0.2) is 0 Å².